The lowest BCUT2D eigenvalue weighted by molar-refractivity contribution is 0.0595. The number of amides is 1. The van der Waals surface area contributed by atoms with Gasteiger partial charge in [-0.1, -0.05) is 25.4 Å². The van der Waals surface area contributed by atoms with Crippen LogP contribution >= 0.6 is 11.6 Å². The van der Waals surface area contributed by atoms with Crippen LogP contribution in [0.3, 0.4) is 0 Å². The van der Waals surface area contributed by atoms with Crippen LogP contribution in [-0.4, -0.2) is 42.2 Å². The summed E-state index contributed by atoms with van der Waals surface area (Å²) < 4.78 is 10.3. The van der Waals surface area contributed by atoms with Crippen LogP contribution in [0.5, 0.6) is 0 Å². The highest BCUT2D eigenvalue weighted by molar-refractivity contribution is 6.31. The highest BCUT2D eigenvalue weighted by Gasteiger charge is 2.29. The van der Waals surface area contributed by atoms with E-state index in [1.807, 2.05) is 13.8 Å². The van der Waals surface area contributed by atoms with E-state index < -0.39 is 5.97 Å². The van der Waals surface area contributed by atoms with Gasteiger partial charge in [0.1, 0.15) is 0 Å². The summed E-state index contributed by atoms with van der Waals surface area (Å²) in [5.41, 5.74) is 2.59. The maximum atomic E-state index is 12.5. The minimum absolute atomic E-state index is 0.256. The smallest absolute Gasteiger partial charge is 0.410 e. The van der Waals surface area contributed by atoms with Gasteiger partial charge in [-0.2, -0.15) is 0 Å². The Bertz CT molecular complexity index is 866. The van der Waals surface area contributed by atoms with Crippen molar-refractivity contribution in [2.45, 2.75) is 26.8 Å². The Morgan fingerprint density at radius 1 is 1.35 bits per heavy atom. The van der Waals surface area contributed by atoms with Crippen molar-refractivity contribution < 1.29 is 19.1 Å². The van der Waals surface area contributed by atoms with Gasteiger partial charge < -0.3 is 14.4 Å². The maximum Gasteiger partial charge on any atom is 0.410 e. The lowest BCUT2D eigenvalue weighted by atomic mass is 9.96. The van der Waals surface area contributed by atoms with Crippen LogP contribution < -0.4 is 0 Å². The van der Waals surface area contributed by atoms with Crippen molar-refractivity contribution in [3.8, 4) is 0 Å². The highest BCUT2D eigenvalue weighted by atomic mass is 35.5. The molecule has 1 aromatic carbocycles. The van der Waals surface area contributed by atoms with Gasteiger partial charge in [0.15, 0.2) is 0 Å². The van der Waals surface area contributed by atoms with Gasteiger partial charge in [0.25, 0.3) is 0 Å². The van der Waals surface area contributed by atoms with Crippen molar-refractivity contribution in [1.29, 1.82) is 0 Å². The number of pyridine rings is 1. The van der Waals surface area contributed by atoms with Gasteiger partial charge in [-0.15, -0.1) is 0 Å². The molecule has 1 amide bonds. The minimum Gasteiger partial charge on any atom is -0.465 e. The molecule has 1 aromatic heterocycles. The largest absolute Gasteiger partial charge is 0.465 e. The number of hydrogen-bond acceptors (Lipinski definition) is 5. The summed E-state index contributed by atoms with van der Waals surface area (Å²) >= 11 is 6.11. The Balaban J connectivity index is 2.02. The van der Waals surface area contributed by atoms with Gasteiger partial charge in [0, 0.05) is 34.6 Å². The fourth-order valence-corrected chi connectivity index (χ4v) is 3.21. The summed E-state index contributed by atoms with van der Waals surface area (Å²) in [6, 6.07) is 5.23. The first-order chi connectivity index (χ1) is 12.4. The monoisotopic (exact) mass is 376 g/mol. The molecular weight excluding hydrogens is 356 g/mol. The molecule has 2 aromatic rings. The zero-order chi connectivity index (χ0) is 18.8. The lowest BCUT2D eigenvalue weighted by Gasteiger charge is -2.29. The summed E-state index contributed by atoms with van der Waals surface area (Å²) in [6.07, 6.45) is 0.167. The molecule has 26 heavy (non-hydrogen) atoms. The Morgan fingerprint density at radius 2 is 2.12 bits per heavy atom. The second-order valence-corrected chi connectivity index (χ2v) is 7.14. The van der Waals surface area contributed by atoms with Crippen molar-refractivity contribution in [1.82, 2.24) is 9.88 Å². The molecule has 0 radical (unpaired) electrons. The Hall–Kier alpha value is -2.34. The zero-order valence-corrected chi connectivity index (χ0v) is 15.8. The van der Waals surface area contributed by atoms with E-state index in [2.05, 4.69) is 4.98 Å². The summed E-state index contributed by atoms with van der Waals surface area (Å²) in [5.74, 6) is -0.206. The van der Waals surface area contributed by atoms with E-state index in [-0.39, 0.29) is 18.6 Å². The van der Waals surface area contributed by atoms with Crippen LogP contribution in [0.1, 0.15) is 35.5 Å². The van der Waals surface area contributed by atoms with E-state index in [9.17, 15) is 9.59 Å². The second kappa shape index (κ2) is 7.50. The van der Waals surface area contributed by atoms with Crippen molar-refractivity contribution >= 4 is 34.6 Å². The van der Waals surface area contributed by atoms with Gasteiger partial charge in [-0.3, -0.25) is 4.98 Å². The average Bonchev–Trinajstić information content (AvgIpc) is 2.63. The fourth-order valence-electron chi connectivity index (χ4n) is 3.03. The van der Waals surface area contributed by atoms with E-state index in [1.54, 1.807) is 23.1 Å². The fraction of sp³-hybridized carbons (Fsp3) is 0.421. The third-order valence-electron chi connectivity index (χ3n) is 4.29. The topological polar surface area (TPSA) is 68.7 Å². The molecule has 0 saturated heterocycles. The number of halogens is 1. The van der Waals surface area contributed by atoms with Crippen LogP contribution in [0.4, 0.5) is 4.79 Å². The summed E-state index contributed by atoms with van der Waals surface area (Å²) in [5, 5.41) is 1.13. The Kier molecular flexibility index (Phi) is 5.32. The Morgan fingerprint density at radius 3 is 2.81 bits per heavy atom. The number of carbonyl (C=O) groups excluding carboxylic acids is 2. The van der Waals surface area contributed by atoms with Crippen LogP contribution in [0.15, 0.2) is 18.2 Å². The number of carbonyl (C=O) groups is 2. The number of benzene rings is 1. The third kappa shape index (κ3) is 3.60. The number of nitrogens with zero attached hydrogens (tertiary/aromatic N) is 2. The molecule has 6 nitrogen and oxygen atoms in total. The number of esters is 1. The normalized spacial score (nSPS) is 13.7. The number of fused-ring (bicyclic) bond motifs is 2. The molecule has 7 heteroatoms. The van der Waals surface area contributed by atoms with Crippen molar-refractivity contribution in [3.63, 3.8) is 0 Å². The third-order valence-corrected chi connectivity index (χ3v) is 4.52. The van der Waals surface area contributed by atoms with Crippen molar-refractivity contribution in [3.05, 3.63) is 40.0 Å². The first-order valence-corrected chi connectivity index (χ1v) is 8.89. The Labute approximate surface area is 157 Å². The van der Waals surface area contributed by atoms with E-state index in [0.717, 1.165) is 5.69 Å². The zero-order valence-electron chi connectivity index (χ0n) is 15.0. The van der Waals surface area contributed by atoms with Crippen LogP contribution in [0, 0.1) is 5.92 Å². The average molecular weight is 377 g/mol. The van der Waals surface area contributed by atoms with E-state index in [0.29, 0.717) is 46.6 Å². The molecule has 0 fully saturated rings. The lowest BCUT2D eigenvalue weighted by Crippen LogP contribution is -2.38. The molecule has 0 atom stereocenters. The first kappa shape index (κ1) is 18.5. The molecule has 2 heterocycles. The number of rotatable bonds is 3. The minimum atomic E-state index is -0.465. The number of aromatic nitrogens is 1. The van der Waals surface area contributed by atoms with Crippen LogP contribution in [-0.2, 0) is 22.4 Å². The van der Waals surface area contributed by atoms with Gasteiger partial charge in [-0.05, 0) is 24.1 Å². The molecule has 1 aliphatic rings. The second-order valence-electron chi connectivity index (χ2n) is 6.71. The molecule has 0 spiro atoms. The number of methoxy groups -OCH3 is 1. The predicted molar refractivity (Wildman–Crippen MR) is 98.4 cm³/mol. The molecule has 1 aliphatic heterocycles. The van der Waals surface area contributed by atoms with E-state index >= 15 is 0 Å². The van der Waals surface area contributed by atoms with Crippen molar-refractivity contribution in [2.75, 3.05) is 20.3 Å². The summed E-state index contributed by atoms with van der Waals surface area (Å²) in [6.45, 7) is 5.07. The quantitative estimate of drug-likeness (QED) is 0.761. The van der Waals surface area contributed by atoms with Gasteiger partial charge >= 0.3 is 12.1 Å². The van der Waals surface area contributed by atoms with Gasteiger partial charge in [0.05, 0.1) is 31.3 Å². The SMILES string of the molecule is COC(=O)c1c2c(nc3ccc(Cl)cc13)CCN(C(=O)OCC(C)C)C2. The van der Waals surface area contributed by atoms with E-state index in [1.165, 1.54) is 7.11 Å². The maximum absolute atomic E-state index is 12.5. The molecular formula is C19H21ClN2O4. The summed E-state index contributed by atoms with van der Waals surface area (Å²) in [7, 11) is 1.34. The number of hydrogen-bond donors (Lipinski definition) is 0. The highest BCUT2D eigenvalue weighted by Crippen LogP contribution is 2.30. The standard InChI is InChI=1S/C19H21ClN2O4/c1-11(2)10-26-19(24)22-7-6-16-14(9-22)17(18(23)25-3)13-8-12(20)4-5-15(13)21-16/h4-5,8,11H,6-7,9-10H2,1-3H3. The van der Waals surface area contributed by atoms with Crippen LogP contribution in [0.25, 0.3) is 10.9 Å². The molecule has 0 aliphatic carbocycles. The first-order valence-electron chi connectivity index (χ1n) is 8.51. The molecule has 138 valence electrons. The number of ether oxygens (including phenoxy) is 2. The molecule has 0 unspecified atom stereocenters. The van der Waals surface area contributed by atoms with Crippen molar-refractivity contribution in [2.24, 2.45) is 5.92 Å². The van der Waals surface area contributed by atoms with Gasteiger partial charge in [0.2, 0.25) is 0 Å². The van der Waals surface area contributed by atoms with E-state index in [4.69, 9.17) is 21.1 Å². The molecule has 0 bridgehead atoms. The van der Waals surface area contributed by atoms with Crippen LogP contribution in [0.2, 0.25) is 5.02 Å². The summed E-state index contributed by atoms with van der Waals surface area (Å²) in [4.78, 5) is 31.1. The molecule has 3 rings (SSSR count). The van der Waals surface area contributed by atoms with Gasteiger partial charge in [-0.25, -0.2) is 9.59 Å². The predicted octanol–water partition coefficient (Wildman–Crippen LogP) is 3.83. The molecule has 0 N–H and O–H groups in total. The molecule has 0 saturated carbocycles.